The molecule has 10 heteroatoms. The number of carbonyl (C=O) groups is 1. The largest absolute Gasteiger partial charge is 0.326 e. The molecular formula is C34H32F3N3O3S. The highest BCUT2D eigenvalue weighted by molar-refractivity contribution is 7.89. The topological polar surface area (TPSA) is 78.5 Å². The van der Waals surface area contributed by atoms with Crippen LogP contribution in [0.1, 0.15) is 29.0 Å². The van der Waals surface area contributed by atoms with E-state index in [1.54, 1.807) is 48.5 Å². The van der Waals surface area contributed by atoms with Crippen molar-refractivity contribution < 1.29 is 26.4 Å². The number of halogens is 3. The zero-order chi connectivity index (χ0) is 31.3. The van der Waals surface area contributed by atoms with E-state index in [1.165, 1.54) is 52.8 Å². The molecule has 1 amide bonds. The van der Waals surface area contributed by atoms with Crippen LogP contribution in [0.2, 0.25) is 0 Å². The monoisotopic (exact) mass is 619 g/mol. The fourth-order valence-electron chi connectivity index (χ4n) is 5.45. The van der Waals surface area contributed by atoms with Gasteiger partial charge in [0.1, 0.15) is 17.5 Å². The van der Waals surface area contributed by atoms with Crippen LogP contribution in [-0.4, -0.2) is 44.3 Å². The van der Waals surface area contributed by atoms with Crippen LogP contribution < -0.4 is 10.6 Å². The SMILES string of the molecule is C=C(Cc1c(F)cccc1NC(=O)CC(c1ccc(F)cc1)c1ccc(F)cc1)C1CNCCN1S(=O)(=O)c1ccccc1. The summed E-state index contributed by atoms with van der Waals surface area (Å²) in [6, 6.07) is 23.3. The van der Waals surface area contributed by atoms with Gasteiger partial charge >= 0.3 is 0 Å². The van der Waals surface area contributed by atoms with E-state index in [0.717, 1.165) is 0 Å². The molecule has 1 aliphatic heterocycles. The molecule has 6 nitrogen and oxygen atoms in total. The van der Waals surface area contributed by atoms with Crippen molar-refractivity contribution in [1.29, 1.82) is 0 Å². The Hall–Kier alpha value is -4.25. The Morgan fingerprint density at radius 2 is 1.50 bits per heavy atom. The predicted molar refractivity (Wildman–Crippen MR) is 164 cm³/mol. The van der Waals surface area contributed by atoms with Crippen molar-refractivity contribution in [3.8, 4) is 0 Å². The lowest BCUT2D eigenvalue weighted by Gasteiger charge is -2.36. The van der Waals surface area contributed by atoms with E-state index in [4.69, 9.17) is 0 Å². The first kappa shape index (κ1) is 31.2. The Morgan fingerprint density at radius 1 is 0.886 bits per heavy atom. The van der Waals surface area contributed by atoms with Gasteiger partial charge in [-0.2, -0.15) is 4.31 Å². The lowest BCUT2D eigenvalue weighted by molar-refractivity contribution is -0.116. The van der Waals surface area contributed by atoms with Crippen LogP contribution in [0.3, 0.4) is 0 Å². The maximum absolute atomic E-state index is 15.3. The van der Waals surface area contributed by atoms with Gasteiger partial charge in [0, 0.05) is 43.2 Å². The van der Waals surface area contributed by atoms with Crippen molar-refractivity contribution in [3.05, 3.63) is 143 Å². The third-order valence-electron chi connectivity index (χ3n) is 7.75. The van der Waals surface area contributed by atoms with E-state index in [1.807, 2.05) is 0 Å². The van der Waals surface area contributed by atoms with Crippen LogP contribution in [-0.2, 0) is 21.2 Å². The average Bonchev–Trinajstić information content (AvgIpc) is 3.03. The van der Waals surface area contributed by atoms with Gasteiger partial charge in [-0.1, -0.05) is 60.7 Å². The number of rotatable bonds is 10. The van der Waals surface area contributed by atoms with E-state index in [9.17, 15) is 22.0 Å². The minimum absolute atomic E-state index is 0.0191. The Balaban J connectivity index is 1.37. The number of amides is 1. The van der Waals surface area contributed by atoms with Gasteiger partial charge in [-0.3, -0.25) is 4.79 Å². The number of sulfonamides is 1. The number of piperazine rings is 1. The molecule has 1 atom stereocenters. The van der Waals surface area contributed by atoms with Gasteiger partial charge in [0.25, 0.3) is 0 Å². The maximum atomic E-state index is 15.3. The molecule has 2 N–H and O–H groups in total. The average molecular weight is 620 g/mol. The van der Waals surface area contributed by atoms with Crippen LogP contribution in [0.25, 0.3) is 0 Å². The van der Waals surface area contributed by atoms with Crippen molar-refractivity contribution in [2.75, 3.05) is 25.0 Å². The van der Waals surface area contributed by atoms with Gasteiger partial charge in [0.2, 0.25) is 15.9 Å². The Morgan fingerprint density at radius 3 is 2.11 bits per heavy atom. The fraction of sp³-hybridized carbons (Fsp3) is 0.206. The molecular weight excluding hydrogens is 587 g/mol. The molecule has 0 aliphatic carbocycles. The molecule has 0 bridgehead atoms. The summed E-state index contributed by atoms with van der Waals surface area (Å²) in [4.78, 5) is 13.6. The minimum Gasteiger partial charge on any atom is -0.326 e. The molecule has 0 aromatic heterocycles. The van der Waals surface area contributed by atoms with Crippen LogP contribution in [0.4, 0.5) is 18.9 Å². The number of hydrogen-bond acceptors (Lipinski definition) is 4. The summed E-state index contributed by atoms with van der Waals surface area (Å²) in [7, 11) is -3.84. The maximum Gasteiger partial charge on any atom is 0.243 e. The summed E-state index contributed by atoms with van der Waals surface area (Å²) in [5.74, 6) is -2.38. The Bertz CT molecular complexity index is 1690. The summed E-state index contributed by atoms with van der Waals surface area (Å²) in [5, 5.41) is 6.00. The first-order valence-corrected chi connectivity index (χ1v) is 15.6. The number of benzene rings is 4. The zero-order valence-corrected chi connectivity index (χ0v) is 24.7. The standard InChI is InChI=1S/C34H32F3N3O3S/c1-23(33-22-38-18-19-40(33)44(42,43)28-6-3-2-4-7-28)20-30-31(37)8-5-9-32(30)39-34(41)21-29(24-10-14-26(35)15-11-24)25-12-16-27(36)17-13-25/h2-17,29,33,38H,1,18-22H2,(H,39,41). The zero-order valence-electron chi connectivity index (χ0n) is 23.8. The van der Waals surface area contributed by atoms with Crippen molar-refractivity contribution in [1.82, 2.24) is 9.62 Å². The second-order valence-corrected chi connectivity index (χ2v) is 12.5. The van der Waals surface area contributed by atoms with E-state index < -0.39 is 45.3 Å². The summed E-state index contributed by atoms with van der Waals surface area (Å²) >= 11 is 0. The molecule has 228 valence electrons. The first-order valence-electron chi connectivity index (χ1n) is 14.2. The van der Waals surface area contributed by atoms with Crippen molar-refractivity contribution in [2.45, 2.75) is 29.7 Å². The molecule has 4 aromatic rings. The van der Waals surface area contributed by atoms with E-state index in [2.05, 4.69) is 17.2 Å². The number of carbonyl (C=O) groups excluding carboxylic acids is 1. The van der Waals surface area contributed by atoms with Crippen LogP contribution in [0.5, 0.6) is 0 Å². The molecule has 0 saturated carbocycles. The number of hydrogen-bond donors (Lipinski definition) is 2. The number of nitrogens with zero attached hydrogens (tertiary/aromatic N) is 1. The lowest BCUT2D eigenvalue weighted by Crippen LogP contribution is -2.54. The number of nitrogens with one attached hydrogen (secondary N) is 2. The molecule has 1 aliphatic rings. The molecule has 44 heavy (non-hydrogen) atoms. The summed E-state index contributed by atoms with van der Waals surface area (Å²) in [6.45, 7) is 5.13. The molecule has 1 saturated heterocycles. The lowest BCUT2D eigenvalue weighted by atomic mass is 9.88. The molecule has 1 heterocycles. The van der Waals surface area contributed by atoms with E-state index in [0.29, 0.717) is 29.8 Å². The summed E-state index contributed by atoms with van der Waals surface area (Å²) in [6.07, 6.45) is -0.0986. The van der Waals surface area contributed by atoms with Gasteiger partial charge < -0.3 is 10.6 Å². The third-order valence-corrected chi connectivity index (χ3v) is 9.67. The van der Waals surface area contributed by atoms with Gasteiger partial charge in [-0.05, 0) is 66.1 Å². The van der Waals surface area contributed by atoms with Crippen molar-refractivity contribution in [2.24, 2.45) is 0 Å². The molecule has 0 radical (unpaired) electrons. The first-order chi connectivity index (χ1) is 21.1. The van der Waals surface area contributed by atoms with Crippen molar-refractivity contribution in [3.63, 3.8) is 0 Å². The van der Waals surface area contributed by atoms with Gasteiger partial charge in [0.15, 0.2) is 0 Å². The second-order valence-electron chi connectivity index (χ2n) is 10.7. The highest BCUT2D eigenvalue weighted by Crippen LogP contribution is 2.31. The van der Waals surface area contributed by atoms with Crippen LogP contribution >= 0.6 is 0 Å². The molecule has 4 aromatic carbocycles. The highest BCUT2D eigenvalue weighted by Gasteiger charge is 2.35. The minimum atomic E-state index is -3.84. The quantitative estimate of drug-likeness (QED) is 0.213. The highest BCUT2D eigenvalue weighted by atomic mass is 32.2. The predicted octanol–water partition coefficient (Wildman–Crippen LogP) is 6.03. The smallest absolute Gasteiger partial charge is 0.243 e. The van der Waals surface area contributed by atoms with E-state index >= 15 is 4.39 Å². The summed E-state index contributed by atoms with van der Waals surface area (Å²) < 4.78 is 70.9. The molecule has 1 fully saturated rings. The second kappa shape index (κ2) is 13.6. The fourth-order valence-corrected chi connectivity index (χ4v) is 7.12. The molecule has 5 rings (SSSR count). The molecule has 0 spiro atoms. The van der Waals surface area contributed by atoms with Crippen LogP contribution in [0, 0.1) is 17.5 Å². The normalized spacial score (nSPS) is 15.7. The Kier molecular flexibility index (Phi) is 9.63. The van der Waals surface area contributed by atoms with Crippen molar-refractivity contribution >= 4 is 21.6 Å². The van der Waals surface area contributed by atoms with Gasteiger partial charge in [0.05, 0.1) is 10.9 Å². The van der Waals surface area contributed by atoms with E-state index in [-0.39, 0.29) is 35.5 Å². The molecule has 1 unspecified atom stereocenters. The van der Waals surface area contributed by atoms with Gasteiger partial charge in [-0.15, -0.1) is 0 Å². The summed E-state index contributed by atoms with van der Waals surface area (Å²) in [5.41, 5.74) is 2.19. The van der Waals surface area contributed by atoms with Gasteiger partial charge in [-0.25, -0.2) is 21.6 Å². The Labute approximate surface area is 255 Å². The third kappa shape index (κ3) is 7.10. The van der Waals surface area contributed by atoms with Crippen LogP contribution in [0.15, 0.2) is 114 Å². The number of anilines is 1.